The van der Waals surface area contributed by atoms with Crippen molar-refractivity contribution in [1.82, 2.24) is 25.5 Å². The number of fused-ring (bicyclic) bond motifs is 1. The van der Waals surface area contributed by atoms with Crippen LogP contribution in [0.2, 0.25) is 0 Å². The van der Waals surface area contributed by atoms with Crippen LogP contribution in [0, 0.1) is 12.3 Å². The number of rotatable bonds is 5. The highest BCUT2D eigenvalue weighted by Gasteiger charge is 2.37. The summed E-state index contributed by atoms with van der Waals surface area (Å²) in [6.45, 7) is 3.03. The highest BCUT2D eigenvalue weighted by atomic mass is 19.4. The van der Waals surface area contributed by atoms with Crippen molar-refractivity contribution < 1.29 is 18.0 Å². The number of amides is 1. The Hall–Kier alpha value is -3.54. The molecule has 4 N–H and O–H groups in total. The third-order valence-corrected chi connectivity index (χ3v) is 6.70. The highest BCUT2D eigenvalue weighted by Crippen LogP contribution is 2.36. The second kappa shape index (κ2) is 9.25. The molecule has 4 heterocycles. The van der Waals surface area contributed by atoms with E-state index in [9.17, 15) is 22.8 Å². The molecule has 35 heavy (non-hydrogen) atoms. The first-order valence-corrected chi connectivity index (χ1v) is 11.2. The Morgan fingerprint density at radius 2 is 1.97 bits per heavy atom. The summed E-state index contributed by atoms with van der Waals surface area (Å²) in [5.74, 6) is 0.365. The molecular weight excluding hydrogens is 463 g/mol. The number of aromatic amines is 1. The Morgan fingerprint density at radius 1 is 1.26 bits per heavy atom. The Kier molecular flexibility index (Phi) is 6.50. The Morgan fingerprint density at radius 3 is 2.54 bits per heavy atom. The summed E-state index contributed by atoms with van der Waals surface area (Å²) in [6, 6.07) is 5.07. The lowest BCUT2D eigenvalue weighted by Crippen LogP contribution is -2.45. The van der Waals surface area contributed by atoms with E-state index < -0.39 is 17.3 Å². The molecule has 0 bridgehead atoms. The number of hydrogen-bond donors (Lipinski definition) is 3. The van der Waals surface area contributed by atoms with E-state index in [2.05, 4.69) is 30.4 Å². The smallest absolute Gasteiger partial charge is 0.355 e. The van der Waals surface area contributed by atoms with Gasteiger partial charge in [0.25, 0.3) is 11.5 Å². The summed E-state index contributed by atoms with van der Waals surface area (Å²) in [6.07, 6.45) is -1.12. The fraction of sp³-hybridized carbons (Fsp3) is 0.435. The lowest BCUT2D eigenvalue weighted by Gasteiger charge is -2.41. The summed E-state index contributed by atoms with van der Waals surface area (Å²) in [5.41, 5.74) is 4.78. The van der Waals surface area contributed by atoms with Gasteiger partial charge >= 0.3 is 6.18 Å². The van der Waals surface area contributed by atoms with Gasteiger partial charge in [-0.05, 0) is 67.5 Å². The van der Waals surface area contributed by atoms with Crippen LogP contribution in [0.5, 0.6) is 0 Å². The SMILES string of the molecule is CNC(=O)c1ccc(N2CCC(CN)(Cc3cnc4c(C)c(C(F)(F)F)c(=O)[nH]c4c3)CC2)nn1. The molecule has 0 aromatic carbocycles. The number of piperidine rings is 1. The van der Waals surface area contributed by atoms with Gasteiger partial charge in [0, 0.05) is 26.3 Å². The fourth-order valence-corrected chi connectivity index (χ4v) is 4.65. The van der Waals surface area contributed by atoms with Gasteiger partial charge in [-0.1, -0.05) is 0 Å². The molecule has 1 aliphatic rings. The minimum atomic E-state index is -4.75. The largest absolute Gasteiger partial charge is 0.422 e. The van der Waals surface area contributed by atoms with Gasteiger partial charge in [-0.15, -0.1) is 10.2 Å². The first kappa shape index (κ1) is 24.6. The topological polar surface area (TPSA) is 130 Å². The standard InChI is InChI=1S/C23H26F3N7O2/c1-13-18(23(24,25)26)21(35)30-16-9-14(11-29-19(13)16)10-22(12-27)5-7-33(8-6-22)17-4-3-15(31-32-17)20(34)28-2/h3-4,9,11H,5-8,10,12,27H2,1-2H3,(H,28,34)(H,30,35). The molecule has 0 saturated carbocycles. The molecule has 1 amide bonds. The number of H-pyrrole nitrogens is 1. The number of aryl methyl sites for hydroxylation is 1. The van der Waals surface area contributed by atoms with Crippen molar-refractivity contribution in [3.05, 3.63) is 57.1 Å². The summed E-state index contributed by atoms with van der Waals surface area (Å²) < 4.78 is 39.8. The van der Waals surface area contributed by atoms with E-state index >= 15 is 0 Å². The van der Waals surface area contributed by atoms with Gasteiger partial charge in [0.1, 0.15) is 5.56 Å². The molecule has 186 valence electrons. The predicted molar refractivity (Wildman–Crippen MR) is 124 cm³/mol. The number of halogens is 3. The zero-order valence-corrected chi connectivity index (χ0v) is 19.4. The first-order chi connectivity index (χ1) is 16.6. The first-order valence-electron chi connectivity index (χ1n) is 11.2. The van der Waals surface area contributed by atoms with E-state index in [0.717, 1.165) is 18.4 Å². The molecule has 3 aromatic rings. The number of aromatic nitrogens is 4. The molecule has 0 aliphatic carbocycles. The van der Waals surface area contributed by atoms with Gasteiger partial charge in [0.05, 0.1) is 11.0 Å². The second-order valence-electron chi connectivity index (χ2n) is 8.92. The second-order valence-corrected chi connectivity index (χ2v) is 8.92. The lowest BCUT2D eigenvalue weighted by molar-refractivity contribution is -0.139. The molecule has 3 aromatic heterocycles. The summed E-state index contributed by atoms with van der Waals surface area (Å²) in [4.78, 5) is 32.4. The van der Waals surface area contributed by atoms with E-state index in [1.807, 2.05) is 0 Å². The van der Waals surface area contributed by atoms with Crippen molar-refractivity contribution in [1.29, 1.82) is 0 Å². The Bertz CT molecular complexity index is 1300. The normalized spacial score (nSPS) is 15.9. The lowest BCUT2D eigenvalue weighted by atomic mass is 9.74. The molecule has 9 nitrogen and oxygen atoms in total. The van der Waals surface area contributed by atoms with Crippen molar-refractivity contribution in [2.75, 3.05) is 31.6 Å². The van der Waals surface area contributed by atoms with Gasteiger partial charge in [-0.2, -0.15) is 13.2 Å². The molecule has 12 heteroatoms. The third kappa shape index (κ3) is 4.83. The van der Waals surface area contributed by atoms with Crippen LogP contribution in [0.4, 0.5) is 19.0 Å². The molecule has 0 spiro atoms. The summed E-state index contributed by atoms with van der Waals surface area (Å²) in [7, 11) is 1.53. The molecular formula is C23H26F3N7O2. The average molecular weight is 490 g/mol. The maximum absolute atomic E-state index is 13.3. The third-order valence-electron chi connectivity index (χ3n) is 6.70. The monoisotopic (exact) mass is 489 g/mol. The number of carbonyl (C=O) groups excluding carboxylic acids is 1. The fourth-order valence-electron chi connectivity index (χ4n) is 4.65. The molecule has 1 aliphatic heterocycles. The van der Waals surface area contributed by atoms with Gasteiger partial charge in [0.15, 0.2) is 11.5 Å². The molecule has 1 saturated heterocycles. The summed E-state index contributed by atoms with van der Waals surface area (Å²) >= 11 is 0. The Labute approximate surface area is 198 Å². The van der Waals surface area contributed by atoms with E-state index in [1.54, 1.807) is 24.4 Å². The van der Waals surface area contributed by atoms with Crippen LogP contribution in [0.3, 0.4) is 0 Å². The van der Waals surface area contributed by atoms with E-state index in [-0.39, 0.29) is 33.6 Å². The predicted octanol–water partition coefficient (Wildman–Crippen LogP) is 2.19. The maximum Gasteiger partial charge on any atom is 0.422 e. The van der Waals surface area contributed by atoms with E-state index in [1.165, 1.54) is 14.0 Å². The molecule has 1 fully saturated rings. The quantitative estimate of drug-likeness (QED) is 0.501. The number of pyridine rings is 2. The summed E-state index contributed by atoms with van der Waals surface area (Å²) in [5, 5.41) is 10.6. The van der Waals surface area contributed by atoms with Gasteiger partial charge in [-0.3, -0.25) is 14.6 Å². The van der Waals surface area contributed by atoms with Crippen LogP contribution in [0.15, 0.2) is 29.2 Å². The van der Waals surface area contributed by atoms with Crippen molar-refractivity contribution in [2.45, 2.75) is 32.4 Å². The average Bonchev–Trinajstić information content (AvgIpc) is 2.83. The maximum atomic E-state index is 13.3. The molecule has 0 unspecified atom stereocenters. The molecule has 0 atom stereocenters. The van der Waals surface area contributed by atoms with E-state index in [4.69, 9.17) is 5.73 Å². The number of hydrogen-bond acceptors (Lipinski definition) is 7. The minimum Gasteiger partial charge on any atom is -0.355 e. The van der Waals surface area contributed by atoms with Crippen LogP contribution >= 0.6 is 0 Å². The van der Waals surface area contributed by atoms with Crippen LogP contribution in [-0.4, -0.2) is 52.8 Å². The van der Waals surface area contributed by atoms with Crippen LogP contribution in [0.1, 0.15) is 40.0 Å². The van der Waals surface area contributed by atoms with Gasteiger partial charge < -0.3 is 20.9 Å². The number of anilines is 1. The van der Waals surface area contributed by atoms with Crippen molar-refractivity contribution >= 4 is 22.8 Å². The Balaban J connectivity index is 1.52. The van der Waals surface area contributed by atoms with Crippen LogP contribution in [0.25, 0.3) is 11.0 Å². The number of nitrogens with one attached hydrogen (secondary N) is 2. The minimum absolute atomic E-state index is 0.121. The number of nitrogens with two attached hydrogens (primary N) is 1. The number of nitrogens with zero attached hydrogens (tertiary/aromatic N) is 4. The van der Waals surface area contributed by atoms with Crippen molar-refractivity contribution in [2.24, 2.45) is 11.1 Å². The zero-order chi connectivity index (χ0) is 25.4. The van der Waals surface area contributed by atoms with Crippen molar-refractivity contribution in [3.8, 4) is 0 Å². The molecule has 0 radical (unpaired) electrons. The number of carbonyl (C=O) groups is 1. The van der Waals surface area contributed by atoms with E-state index in [0.29, 0.717) is 31.9 Å². The zero-order valence-electron chi connectivity index (χ0n) is 19.4. The number of alkyl halides is 3. The van der Waals surface area contributed by atoms with Crippen LogP contribution in [-0.2, 0) is 12.6 Å². The van der Waals surface area contributed by atoms with Crippen molar-refractivity contribution in [3.63, 3.8) is 0 Å². The van der Waals surface area contributed by atoms with Gasteiger partial charge in [0.2, 0.25) is 0 Å². The molecule has 4 rings (SSSR count). The van der Waals surface area contributed by atoms with Crippen LogP contribution < -0.4 is 21.5 Å². The highest BCUT2D eigenvalue weighted by molar-refractivity contribution is 5.91. The van der Waals surface area contributed by atoms with Gasteiger partial charge in [-0.25, -0.2) is 0 Å².